The molecule has 4 nitrogen and oxygen atoms in total. The van der Waals surface area contributed by atoms with Crippen molar-refractivity contribution in [2.75, 3.05) is 32.6 Å². The van der Waals surface area contributed by atoms with Crippen LogP contribution in [-0.2, 0) is 10.0 Å². The lowest BCUT2D eigenvalue weighted by Gasteiger charge is -2.20. The fraction of sp³-hybridized carbons (Fsp3) is 0.538. The Balaban J connectivity index is 2.82. The molecule has 0 N–H and O–H groups in total. The topological polar surface area (TPSA) is 40.6 Å². The molecule has 0 aliphatic heterocycles. The normalized spacial score (nSPS) is 13.6. The minimum Gasteiger partial charge on any atom is -0.375 e. The molecular formula is C13H21BrN2O2S. The Morgan fingerprint density at radius 1 is 1.16 bits per heavy atom. The third-order valence-electron chi connectivity index (χ3n) is 2.92. The highest BCUT2D eigenvalue weighted by atomic mass is 79.9. The molecule has 0 fully saturated rings. The Labute approximate surface area is 124 Å². The van der Waals surface area contributed by atoms with Crippen molar-refractivity contribution in [3.05, 3.63) is 24.3 Å². The van der Waals surface area contributed by atoms with Gasteiger partial charge >= 0.3 is 0 Å². The Hall–Kier alpha value is -0.590. The van der Waals surface area contributed by atoms with Gasteiger partial charge in [0.1, 0.15) is 0 Å². The summed E-state index contributed by atoms with van der Waals surface area (Å²) in [7, 11) is 1.74. The van der Waals surface area contributed by atoms with E-state index in [0.717, 1.165) is 18.7 Å². The second-order valence-electron chi connectivity index (χ2n) is 4.77. The third kappa shape index (κ3) is 4.47. The monoisotopic (exact) mass is 348 g/mol. The van der Waals surface area contributed by atoms with Gasteiger partial charge in [0, 0.05) is 38.2 Å². The van der Waals surface area contributed by atoms with E-state index in [2.05, 4.69) is 27.8 Å². The molecule has 0 saturated carbocycles. The zero-order chi connectivity index (χ0) is 14.6. The van der Waals surface area contributed by atoms with Crippen molar-refractivity contribution in [3.8, 4) is 0 Å². The highest BCUT2D eigenvalue weighted by Crippen LogP contribution is 2.19. The van der Waals surface area contributed by atoms with Crippen LogP contribution in [0.15, 0.2) is 29.2 Å². The Morgan fingerprint density at radius 2 is 1.68 bits per heavy atom. The second-order valence-corrected chi connectivity index (χ2v) is 8.49. The Bertz CT molecular complexity index is 498. The first-order valence-corrected chi connectivity index (χ1v) is 8.48. The molecule has 0 bridgehead atoms. The first-order valence-electron chi connectivity index (χ1n) is 6.13. The van der Waals surface area contributed by atoms with Gasteiger partial charge in [-0.05, 0) is 30.7 Å². The van der Waals surface area contributed by atoms with Gasteiger partial charge in [0.05, 0.1) is 4.90 Å². The second kappa shape index (κ2) is 6.72. The van der Waals surface area contributed by atoms with E-state index >= 15 is 0 Å². The summed E-state index contributed by atoms with van der Waals surface area (Å²) in [5.74, 6) is 0. The van der Waals surface area contributed by atoms with E-state index < -0.39 is 10.0 Å². The van der Waals surface area contributed by atoms with Crippen LogP contribution in [0.1, 0.15) is 13.3 Å². The number of sulfonamides is 1. The van der Waals surface area contributed by atoms with Crippen molar-refractivity contribution in [1.29, 1.82) is 0 Å². The predicted molar refractivity (Wildman–Crippen MR) is 83.6 cm³/mol. The lowest BCUT2D eigenvalue weighted by molar-refractivity contribution is 0.521. The molecule has 0 radical (unpaired) electrons. The SMILES string of the molecule is CC(Br)CCN(C)c1ccc(S(=O)(=O)N(C)C)cc1. The van der Waals surface area contributed by atoms with E-state index in [9.17, 15) is 8.42 Å². The number of alkyl halides is 1. The van der Waals surface area contributed by atoms with Crippen LogP contribution in [0, 0.1) is 0 Å². The molecule has 1 aromatic carbocycles. The molecule has 0 aromatic heterocycles. The molecule has 1 atom stereocenters. The van der Waals surface area contributed by atoms with Crippen molar-refractivity contribution in [1.82, 2.24) is 4.31 Å². The van der Waals surface area contributed by atoms with Crippen LogP contribution in [-0.4, -0.2) is 45.2 Å². The van der Waals surface area contributed by atoms with Crippen molar-refractivity contribution < 1.29 is 8.42 Å². The molecule has 1 unspecified atom stereocenters. The van der Waals surface area contributed by atoms with Crippen molar-refractivity contribution in [3.63, 3.8) is 0 Å². The van der Waals surface area contributed by atoms with E-state index in [4.69, 9.17) is 0 Å². The fourth-order valence-electron chi connectivity index (χ4n) is 1.58. The summed E-state index contributed by atoms with van der Waals surface area (Å²) in [6.45, 7) is 3.03. The summed E-state index contributed by atoms with van der Waals surface area (Å²) in [5, 5.41) is 0. The molecule has 6 heteroatoms. The smallest absolute Gasteiger partial charge is 0.242 e. The van der Waals surface area contributed by atoms with Gasteiger partial charge in [-0.3, -0.25) is 0 Å². The molecular weight excluding hydrogens is 328 g/mol. The molecule has 108 valence electrons. The van der Waals surface area contributed by atoms with E-state index in [1.807, 2.05) is 19.2 Å². The van der Waals surface area contributed by atoms with E-state index in [0.29, 0.717) is 9.72 Å². The summed E-state index contributed by atoms with van der Waals surface area (Å²) >= 11 is 3.52. The van der Waals surface area contributed by atoms with Crippen LogP contribution < -0.4 is 4.90 Å². The number of halogens is 1. The molecule has 0 aliphatic rings. The van der Waals surface area contributed by atoms with Gasteiger partial charge in [0.15, 0.2) is 0 Å². The van der Waals surface area contributed by atoms with Gasteiger partial charge in [-0.15, -0.1) is 0 Å². The lowest BCUT2D eigenvalue weighted by Crippen LogP contribution is -2.23. The lowest BCUT2D eigenvalue weighted by atomic mass is 10.2. The minimum absolute atomic E-state index is 0.323. The van der Waals surface area contributed by atoms with E-state index in [1.165, 1.54) is 18.4 Å². The van der Waals surface area contributed by atoms with Gasteiger partial charge in [-0.1, -0.05) is 22.9 Å². The van der Waals surface area contributed by atoms with Crippen LogP contribution in [0.5, 0.6) is 0 Å². The molecule has 0 saturated heterocycles. The Kier molecular flexibility index (Phi) is 5.82. The third-order valence-corrected chi connectivity index (χ3v) is 5.21. The highest BCUT2D eigenvalue weighted by Gasteiger charge is 2.16. The van der Waals surface area contributed by atoms with Gasteiger partial charge in [-0.2, -0.15) is 0 Å². The average Bonchev–Trinajstić information content (AvgIpc) is 2.35. The number of nitrogens with zero attached hydrogens (tertiary/aromatic N) is 2. The predicted octanol–water partition coefficient (Wildman–Crippen LogP) is 2.55. The maximum Gasteiger partial charge on any atom is 0.242 e. The van der Waals surface area contributed by atoms with Crippen molar-refractivity contribution in [2.24, 2.45) is 0 Å². The van der Waals surface area contributed by atoms with Gasteiger partial charge in [0.25, 0.3) is 0 Å². The zero-order valence-corrected chi connectivity index (χ0v) is 14.2. The van der Waals surface area contributed by atoms with E-state index in [-0.39, 0.29) is 0 Å². The number of hydrogen-bond acceptors (Lipinski definition) is 3. The summed E-state index contributed by atoms with van der Waals surface area (Å²) in [5.41, 5.74) is 1.02. The van der Waals surface area contributed by atoms with Crippen molar-refractivity contribution >= 4 is 31.6 Å². The summed E-state index contributed by atoms with van der Waals surface area (Å²) < 4.78 is 25.1. The number of hydrogen-bond donors (Lipinski definition) is 0. The molecule has 0 amide bonds. The molecule has 1 aromatic rings. The molecule has 1 rings (SSSR count). The standard InChI is InChI=1S/C13H21BrN2O2S/c1-11(14)9-10-16(4)12-5-7-13(8-6-12)19(17,18)15(2)3/h5-8,11H,9-10H2,1-4H3. The Morgan fingerprint density at radius 3 is 2.11 bits per heavy atom. The quantitative estimate of drug-likeness (QED) is 0.741. The molecule has 0 heterocycles. The van der Waals surface area contributed by atoms with Crippen molar-refractivity contribution in [2.45, 2.75) is 23.1 Å². The average molecular weight is 349 g/mol. The van der Waals surface area contributed by atoms with E-state index in [1.54, 1.807) is 12.1 Å². The van der Waals surface area contributed by atoms with Crippen LogP contribution in [0.3, 0.4) is 0 Å². The minimum atomic E-state index is -3.34. The largest absolute Gasteiger partial charge is 0.375 e. The number of anilines is 1. The van der Waals surface area contributed by atoms with Crippen LogP contribution in [0.2, 0.25) is 0 Å². The number of benzene rings is 1. The van der Waals surface area contributed by atoms with Gasteiger partial charge in [0.2, 0.25) is 10.0 Å². The summed E-state index contributed by atoms with van der Waals surface area (Å²) in [6, 6.07) is 6.99. The van der Waals surface area contributed by atoms with Gasteiger partial charge in [-0.25, -0.2) is 12.7 Å². The van der Waals surface area contributed by atoms with Gasteiger partial charge < -0.3 is 4.90 Å². The maximum atomic E-state index is 11.9. The fourth-order valence-corrected chi connectivity index (χ4v) is 2.69. The first-order chi connectivity index (χ1) is 8.75. The molecule has 0 aliphatic carbocycles. The van der Waals surface area contributed by atoms with Crippen LogP contribution in [0.25, 0.3) is 0 Å². The highest BCUT2D eigenvalue weighted by molar-refractivity contribution is 9.09. The summed E-state index contributed by atoms with van der Waals surface area (Å²) in [6.07, 6.45) is 1.04. The zero-order valence-electron chi connectivity index (χ0n) is 11.8. The summed E-state index contributed by atoms with van der Waals surface area (Å²) in [4.78, 5) is 2.91. The number of rotatable bonds is 6. The molecule has 19 heavy (non-hydrogen) atoms. The first kappa shape index (κ1) is 16.5. The van der Waals surface area contributed by atoms with Crippen LogP contribution in [0.4, 0.5) is 5.69 Å². The van der Waals surface area contributed by atoms with Crippen LogP contribution >= 0.6 is 15.9 Å². The molecule has 0 spiro atoms. The maximum absolute atomic E-state index is 11.9.